The molecule has 2 aromatic rings. The maximum atomic E-state index is 3.49. The van der Waals surface area contributed by atoms with Crippen molar-refractivity contribution in [3.8, 4) is 12.1 Å². The van der Waals surface area contributed by atoms with Gasteiger partial charge in [-0.05, 0) is 55.2 Å². The van der Waals surface area contributed by atoms with Crippen LogP contribution in [0.25, 0.3) is 20.5 Å². The molecule has 0 aromatic heterocycles. The molecule has 0 amide bonds. The van der Waals surface area contributed by atoms with E-state index >= 15 is 0 Å². The molecule has 0 N–H and O–H groups in total. The van der Waals surface area contributed by atoms with Gasteiger partial charge in [-0.3, -0.25) is 0 Å². The Balaban J connectivity index is 0.000000464. The maximum absolute atomic E-state index is 3.49. The molecule has 116 valence electrons. The molecule has 2 nitrogen and oxygen atoms in total. The number of aryl methyl sites for hydroxylation is 4. The summed E-state index contributed by atoms with van der Waals surface area (Å²) in [5.41, 5.74) is 5.48. The van der Waals surface area contributed by atoms with Gasteiger partial charge < -0.3 is 0 Å². The molecule has 0 saturated heterocycles. The zero-order valence-electron chi connectivity index (χ0n) is 15.2. The van der Waals surface area contributed by atoms with Crippen LogP contribution in [0.3, 0.4) is 0 Å². The Morgan fingerprint density at radius 3 is 1.59 bits per heavy atom. The van der Waals surface area contributed by atoms with E-state index in [1.165, 1.54) is 33.0 Å². The molecule has 0 heterocycles. The molecule has 0 aliphatic heterocycles. The lowest BCUT2D eigenvalue weighted by Crippen LogP contribution is -1.86. The number of hydrogen-bond acceptors (Lipinski definition) is 0. The SMILES string of the molecule is CC#[N+]C.CC#[N+]C.Cc1cc(C)c2cc(C)c(C)cc2c1. The van der Waals surface area contributed by atoms with Gasteiger partial charge in [-0.1, -0.05) is 39.5 Å². The molecule has 0 radical (unpaired) electrons. The van der Waals surface area contributed by atoms with Crippen molar-refractivity contribution < 1.29 is 0 Å². The summed E-state index contributed by atoms with van der Waals surface area (Å²) in [6.07, 6.45) is 0. The average Bonchev–Trinajstić information content (AvgIpc) is 2.50. The third-order valence-electron chi connectivity index (χ3n) is 3.37. The van der Waals surface area contributed by atoms with Crippen LogP contribution in [0.4, 0.5) is 0 Å². The minimum absolute atomic E-state index is 1.35. The second-order valence-electron chi connectivity index (χ2n) is 5.13. The third kappa shape index (κ3) is 6.42. The average molecular weight is 296 g/mol. The second kappa shape index (κ2) is 10.4. The fourth-order valence-corrected chi connectivity index (χ4v) is 2.01. The van der Waals surface area contributed by atoms with Crippen molar-refractivity contribution in [2.24, 2.45) is 0 Å². The molecule has 0 atom stereocenters. The lowest BCUT2D eigenvalue weighted by Gasteiger charge is -2.07. The van der Waals surface area contributed by atoms with Crippen molar-refractivity contribution >= 4 is 10.8 Å². The van der Waals surface area contributed by atoms with Crippen molar-refractivity contribution in [2.45, 2.75) is 41.5 Å². The number of rotatable bonds is 0. The van der Waals surface area contributed by atoms with Crippen LogP contribution >= 0.6 is 0 Å². The van der Waals surface area contributed by atoms with Crippen molar-refractivity contribution in [3.63, 3.8) is 0 Å². The Morgan fingerprint density at radius 2 is 1.14 bits per heavy atom. The van der Waals surface area contributed by atoms with E-state index in [4.69, 9.17) is 0 Å². The summed E-state index contributed by atoms with van der Waals surface area (Å²) in [5, 5.41) is 2.75. The summed E-state index contributed by atoms with van der Waals surface area (Å²) in [7, 11) is 3.39. The molecule has 0 aliphatic rings. The standard InChI is InChI=1S/C14H16.2C3H6N/c1-9-5-12(4)14-8-11(3)10(2)7-13(14)6-9;2*1-3-4-2/h5-8H,1-4H3;2*1-2H3/q;2*+1. The van der Waals surface area contributed by atoms with Crippen LogP contribution in [0.2, 0.25) is 0 Å². The number of benzene rings is 2. The van der Waals surface area contributed by atoms with Gasteiger partial charge in [0.15, 0.2) is 0 Å². The summed E-state index contributed by atoms with van der Waals surface area (Å²) >= 11 is 0. The van der Waals surface area contributed by atoms with Crippen LogP contribution in [0.5, 0.6) is 0 Å². The van der Waals surface area contributed by atoms with Crippen LogP contribution in [0, 0.1) is 39.8 Å². The molecule has 2 rings (SSSR count). The quantitative estimate of drug-likeness (QED) is 0.562. The van der Waals surface area contributed by atoms with Gasteiger partial charge in [-0.25, -0.2) is 0 Å². The van der Waals surface area contributed by atoms with Gasteiger partial charge in [0, 0.05) is 0 Å². The van der Waals surface area contributed by atoms with Crippen molar-refractivity contribution in [3.05, 3.63) is 56.2 Å². The highest BCUT2D eigenvalue weighted by Gasteiger charge is 2.01. The largest absolute Gasteiger partial charge is 0.269 e. The Labute approximate surface area is 135 Å². The van der Waals surface area contributed by atoms with Gasteiger partial charge in [0.25, 0.3) is 26.2 Å². The molecule has 0 saturated carbocycles. The Bertz CT molecular complexity index is 705. The van der Waals surface area contributed by atoms with E-state index in [1.54, 1.807) is 27.9 Å². The van der Waals surface area contributed by atoms with Gasteiger partial charge in [0.05, 0.1) is 13.8 Å². The fraction of sp³-hybridized carbons (Fsp3) is 0.400. The molecule has 0 aliphatic carbocycles. The summed E-state index contributed by atoms with van der Waals surface area (Å²) in [5.74, 6) is 0. The molecule has 0 fully saturated rings. The fourth-order valence-electron chi connectivity index (χ4n) is 2.01. The van der Waals surface area contributed by atoms with Gasteiger partial charge in [0.1, 0.15) is 0 Å². The molecule has 22 heavy (non-hydrogen) atoms. The number of fused-ring (bicyclic) bond motifs is 1. The molecule has 2 aromatic carbocycles. The Morgan fingerprint density at radius 1 is 0.682 bits per heavy atom. The molecular weight excluding hydrogens is 268 g/mol. The lowest BCUT2D eigenvalue weighted by molar-refractivity contribution is 1.35. The maximum Gasteiger partial charge on any atom is 0.269 e. The van der Waals surface area contributed by atoms with E-state index in [9.17, 15) is 0 Å². The van der Waals surface area contributed by atoms with E-state index in [1.807, 2.05) is 0 Å². The highest BCUT2D eigenvalue weighted by Crippen LogP contribution is 2.23. The van der Waals surface area contributed by atoms with E-state index in [-0.39, 0.29) is 0 Å². The van der Waals surface area contributed by atoms with Crippen LogP contribution in [0.15, 0.2) is 24.3 Å². The van der Waals surface area contributed by atoms with E-state index in [0.29, 0.717) is 0 Å². The van der Waals surface area contributed by atoms with Gasteiger partial charge in [-0.2, -0.15) is 0 Å². The molecule has 0 spiro atoms. The highest BCUT2D eigenvalue weighted by molar-refractivity contribution is 5.87. The van der Waals surface area contributed by atoms with Crippen LogP contribution in [-0.4, -0.2) is 14.1 Å². The zero-order chi connectivity index (χ0) is 17.1. The first kappa shape index (κ1) is 19.7. The molecule has 0 bridgehead atoms. The van der Waals surface area contributed by atoms with Crippen molar-refractivity contribution in [2.75, 3.05) is 14.1 Å². The van der Waals surface area contributed by atoms with Crippen molar-refractivity contribution in [1.82, 2.24) is 0 Å². The van der Waals surface area contributed by atoms with E-state index in [0.717, 1.165) is 0 Å². The van der Waals surface area contributed by atoms with E-state index in [2.05, 4.69) is 73.8 Å². The smallest absolute Gasteiger partial charge is 0.0873 e. The third-order valence-corrected chi connectivity index (χ3v) is 3.37. The monoisotopic (exact) mass is 296 g/mol. The Kier molecular flexibility index (Phi) is 9.31. The summed E-state index contributed by atoms with van der Waals surface area (Å²) in [6, 6.07) is 14.2. The Hall–Kier alpha value is -2.32. The predicted octanol–water partition coefficient (Wildman–Crippen LogP) is 6.01. The highest BCUT2D eigenvalue weighted by atomic mass is 14.6. The van der Waals surface area contributed by atoms with Gasteiger partial charge >= 0.3 is 0 Å². The molecule has 2 heteroatoms. The topological polar surface area (TPSA) is 8.72 Å². The van der Waals surface area contributed by atoms with Crippen molar-refractivity contribution in [1.29, 1.82) is 0 Å². The van der Waals surface area contributed by atoms with Crippen LogP contribution in [0.1, 0.15) is 36.1 Å². The first-order valence-electron chi connectivity index (χ1n) is 7.40. The summed E-state index contributed by atoms with van der Waals surface area (Å²) in [4.78, 5) is 6.97. The zero-order valence-corrected chi connectivity index (χ0v) is 15.2. The minimum atomic E-state index is 1.35. The number of hydrogen-bond donors (Lipinski definition) is 0. The summed E-state index contributed by atoms with van der Waals surface area (Å²) < 4.78 is 0. The lowest BCUT2D eigenvalue weighted by atomic mass is 9.98. The predicted molar refractivity (Wildman–Crippen MR) is 101 cm³/mol. The van der Waals surface area contributed by atoms with E-state index < -0.39 is 0 Å². The first-order valence-corrected chi connectivity index (χ1v) is 7.40. The molecular formula is C20H28N2+2. The van der Waals surface area contributed by atoms with Gasteiger partial charge in [-0.15, -0.1) is 0 Å². The van der Waals surface area contributed by atoms with Crippen LogP contribution in [-0.2, 0) is 0 Å². The minimum Gasteiger partial charge on any atom is -0.0873 e. The second-order valence-corrected chi connectivity index (χ2v) is 5.13. The normalized spacial score (nSPS) is 8.18. The molecule has 0 unspecified atom stereocenters. The van der Waals surface area contributed by atoms with Crippen LogP contribution < -0.4 is 0 Å². The first-order chi connectivity index (χ1) is 10.4. The summed E-state index contributed by atoms with van der Waals surface area (Å²) in [6.45, 7) is 12.2. The van der Waals surface area contributed by atoms with Gasteiger partial charge in [0.2, 0.25) is 0 Å². The number of nitrogens with zero attached hydrogens (tertiary/aromatic N) is 2.